The molecule has 1 aromatic carbocycles. The van der Waals surface area contributed by atoms with E-state index in [2.05, 4.69) is 10.3 Å². The average molecular weight is 396 g/mol. The van der Waals surface area contributed by atoms with Crippen molar-refractivity contribution >= 4 is 27.0 Å². The molecule has 0 fully saturated rings. The normalized spacial score (nSPS) is 12.0. The standard InChI is InChI=1S/C18H29N5O3S/c1-4-23-16-8-7-14(27(25,26)22(2)3)13-15(16)21-17(23)9-10-18(24)20-12-6-5-11-19/h7-8,13H,4-6,9-12,19H2,1-3H3,(H,20,24). The van der Waals surface area contributed by atoms with Crippen molar-refractivity contribution in [1.29, 1.82) is 0 Å². The molecule has 0 bridgehead atoms. The molecule has 0 aliphatic heterocycles. The van der Waals surface area contributed by atoms with Gasteiger partial charge in [-0.2, -0.15) is 0 Å². The zero-order valence-electron chi connectivity index (χ0n) is 16.2. The lowest BCUT2D eigenvalue weighted by Crippen LogP contribution is -2.25. The van der Waals surface area contributed by atoms with Gasteiger partial charge < -0.3 is 15.6 Å². The second-order valence-corrected chi connectivity index (χ2v) is 8.71. The second-order valence-electron chi connectivity index (χ2n) is 6.56. The van der Waals surface area contributed by atoms with Crippen molar-refractivity contribution in [2.24, 2.45) is 5.73 Å². The molecule has 0 aliphatic carbocycles. The molecule has 3 N–H and O–H groups in total. The maximum Gasteiger partial charge on any atom is 0.242 e. The molecule has 9 heteroatoms. The first-order valence-electron chi connectivity index (χ1n) is 9.19. The Morgan fingerprint density at radius 2 is 2.04 bits per heavy atom. The fraction of sp³-hybridized carbons (Fsp3) is 0.556. The number of imidazole rings is 1. The van der Waals surface area contributed by atoms with E-state index >= 15 is 0 Å². The van der Waals surface area contributed by atoms with Crippen LogP contribution < -0.4 is 11.1 Å². The van der Waals surface area contributed by atoms with Gasteiger partial charge in [0.15, 0.2) is 0 Å². The van der Waals surface area contributed by atoms with E-state index in [4.69, 9.17) is 5.73 Å². The number of aryl methyl sites for hydroxylation is 2. The molecule has 0 saturated heterocycles. The molecule has 0 atom stereocenters. The lowest BCUT2D eigenvalue weighted by atomic mass is 10.2. The highest BCUT2D eigenvalue weighted by atomic mass is 32.2. The molecule has 0 radical (unpaired) electrons. The molecule has 0 saturated carbocycles. The van der Waals surface area contributed by atoms with Gasteiger partial charge in [-0.3, -0.25) is 4.79 Å². The number of sulfonamides is 1. The third-order valence-electron chi connectivity index (χ3n) is 4.42. The summed E-state index contributed by atoms with van der Waals surface area (Å²) in [4.78, 5) is 16.8. The summed E-state index contributed by atoms with van der Waals surface area (Å²) in [6.45, 7) is 3.96. The van der Waals surface area contributed by atoms with E-state index in [0.717, 1.165) is 24.2 Å². The number of unbranched alkanes of at least 4 members (excludes halogenated alkanes) is 1. The van der Waals surface area contributed by atoms with E-state index in [-0.39, 0.29) is 10.8 Å². The molecule has 150 valence electrons. The van der Waals surface area contributed by atoms with Crippen LogP contribution in [0.1, 0.15) is 32.0 Å². The van der Waals surface area contributed by atoms with Gasteiger partial charge in [-0.15, -0.1) is 0 Å². The quantitative estimate of drug-likeness (QED) is 0.585. The van der Waals surface area contributed by atoms with Crippen LogP contribution in [0.25, 0.3) is 11.0 Å². The molecule has 2 rings (SSSR count). The highest BCUT2D eigenvalue weighted by Crippen LogP contribution is 2.22. The summed E-state index contributed by atoms with van der Waals surface area (Å²) in [5.41, 5.74) is 6.93. The summed E-state index contributed by atoms with van der Waals surface area (Å²) >= 11 is 0. The third kappa shape index (κ3) is 5.06. The van der Waals surface area contributed by atoms with Crippen molar-refractivity contribution in [2.45, 2.75) is 44.0 Å². The minimum atomic E-state index is -3.51. The Morgan fingerprint density at radius 3 is 2.67 bits per heavy atom. The highest BCUT2D eigenvalue weighted by molar-refractivity contribution is 7.89. The molecule has 1 aromatic heterocycles. The van der Waals surface area contributed by atoms with Gasteiger partial charge in [-0.1, -0.05) is 0 Å². The monoisotopic (exact) mass is 395 g/mol. The summed E-state index contributed by atoms with van der Waals surface area (Å²) in [6.07, 6.45) is 2.61. The summed E-state index contributed by atoms with van der Waals surface area (Å²) < 4.78 is 27.9. The Labute approximate surface area is 160 Å². The van der Waals surface area contributed by atoms with Gasteiger partial charge in [0.1, 0.15) is 5.82 Å². The van der Waals surface area contributed by atoms with Gasteiger partial charge in [0.25, 0.3) is 0 Å². The van der Waals surface area contributed by atoms with Crippen LogP contribution in [-0.4, -0.2) is 55.4 Å². The number of carbonyl (C=O) groups excluding carboxylic acids is 1. The van der Waals surface area contributed by atoms with Crippen LogP contribution in [-0.2, 0) is 27.8 Å². The predicted molar refractivity (Wildman–Crippen MR) is 106 cm³/mol. The minimum Gasteiger partial charge on any atom is -0.356 e. The van der Waals surface area contributed by atoms with Crippen LogP contribution in [0.15, 0.2) is 23.1 Å². The highest BCUT2D eigenvalue weighted by Gasteiger charge is 2.19. The Kier molecular flexibility index (Phi) is 7.34. The Bertz CT molecular complexity index is 890. The molecule has 1 amide bonds. The van der Waals surface area contributed by atoms with E-state index < -0.39 is 10.0 Å². The van der Waals surface area contributed by atoms with Crippen LogP contribution in [0.3, 0.4) is 0 Å². The number of rotatable bonds is 10. The Balaban J connectivity index is 2.16. The Hall–Kier alpha value is -1.97. The van der Waals surface area contributed by atoms with Crippen molar-refractivity contribution < 1.29 is 13.2 Å². The zero-order chi connectivity index (χ0) is 20.0. The maximum absolute atomic E-state index is 12.3. The number of hydrogen-bond acceptors (Lipinski definition) is 5. The SMILES string of the molecule is CCn1c(CCC(=O)NCCCCN)nc2cc(S(=O)(=O)N(C)C)ccc21. The predicted octanol–water partition coefficient (Wildman–Crippen LogP) is 1.09. The van der Waals surface area contributed by atoms with Crippen LogP contribution in [0.4, 0.5) is 0 Å². The number of benzene rings is 1. The van der Waals surface area contributed by atoms with Crippen molar-refractivity contribution in [2.75, 3.05) is 27.2 Å². The first-order valence-corrected chi connectivity index (χ1v) is 10.6. The second kappa shape index (κ2) is 9.29. The fourth-order valence-corrected chi connectivity index (χ4v) is 3.81. The van der Waals surface area contributed by atoms with E-state index in [9.17, 15) is 13.2 Å². The van der Waals surface area contributed by atoms with E-state index in [1.165, 1.54) is 18.4 Å². The first kappa shape index (κ1) is 21.3. The summed E-state index contributed by atoms with van der Waals surface area (Å²) in [5, 5.41) is 2.88. The van der Waals surface area contributed by atoms with Gasteiger partial charge in [0.05, 0.1) is 15.9 Å². The number of nitrogens with zero attached hydrogens (tertiary/aromatic N) is 3. The molecule has 0 spiro atoms. The van der Waals surface area contributed by atoms with E-state index in [1.54, 1.807) is 18.2 Å². The molecule has 0 unspecified atom stereocenters. The van der Waals surface area contributed by atoms with Crippen LogP contribution in [0, 0.1) is 0 Å². The number of nitrogens with two attached hydrogens (primary N) is 1. The zero-order valence-corrected chi connectivity index (χ0v) is 17.1. The molecular weight excluding hydrogens is 366 g/mol. The number of aromatic nitrogens is 2. The fourth-order valence-electron chi connectivity index (χ4n) is 2.89. The number of amides is 1. The largest absolute Gasteiger partial charge is 0.356 e. The average Bonchev–Trinajstić information content (AvgIpc) is 3.00. The molecular formula is C18H29N5O3S. The number of carbonyl (C=O) groups is 1. The first-order chi connectivity index (χ1) is 12.8. The number of hydrogen-bond donors (Lipinski definition) is 2. The van der Waals surface area contributed by atoms with Gasteiger partial charge in [-0.25, -0.2) is 17.7 Å². The van der Waals surface area contributed by atoms with Crippen LogP contribution in [0.2, 0.25) is 0 Å². The van der Waals surface area contributed by atoms with E-state index in [0.29, 0.717) is 38.0 Å². The number of fused-ring (bicyclic) bond motifs is 1. The van der Waals surface area contributed by atoms with Gasteiger partial charge in [0.2, 0.25) is 15.9 Å². The third-order valence-corrected chi connectivity index (χ3v) is 6.23. The molecule has 8 nitrogen and oxygen atoms in total. The lowest BCUT2D eigenvalue weighted by molar-refractivity contribution is -0.121. The van der Waals surface area contributed by atoms with Crippen molar-refractivity contribution in [3.05, 3.63) is 24.0 Å². The molecule has 0 aliphatic rings. The summed E-state index contributed by atoms with van der Waals surface area (Å²) in [7, 11) is -0.505. The smallest absolute Gasteiger partial charge is 0.242 e. The molecule has 2 aromatic rings. The van der Waals surface area contributed by atoms with Crippen molar-refractivity contribution in [3.63, 3.8) is 0 Å². The minimum absolute atomic E-state index is 0.0161. The van der Waals surface area contributed by atoms with Crippen molar-refractivity contribution in [1.82, 2.24) is 19.2 Å². The lowest BCUT2D eigenvalue weighted by Gasteiger charge is -2.11. The number of nitrogens with one attached hydrogen (secondary N) is 1. The van der Waals surface area contributed by atoms with Gasteiger partial charge in [-0.05, 0) is 44.5 Å². The summed E-state index contributed by atoms with van der Waals surface area (Å²) in [5.74, 6) is 0.765. The van der Waals surface area contributed by atoms with Crippen LogP contribution >= 0.6 is 0 Å². The van der Waals surface area contributed by atoms with Gasteiger partial charge >= 0.3 is 0 Å². The van der Waals surface area contributed by atoms with Crippen molar-refractivity contribution in [3.8, 4) is 0 Å². The summed E-state index contributed by atoms with van der Waals surface area (Å²) in [6, 6.07) is 4.96. The topological polar surface area (TPSA) is 110 Å². The van der Waals surface area contributed by atoms with Gasteiger partial charge in [0, 0.05) is 40.0 Å². The van der Waals surface area contributed by atoms with Crippen LogP contribution in [0.5, 0.6) is 0 Å². The van der Waals surface area contributed by atoms with E-state index in [1.807, 2.05) is 11.5 Å². The molecule has 27 heavy (non-hydrogen) atoms. The Morgan fingerprint density at radius 1 is 1.30 bits per heavy atom. The molecule has 1 heterocycles. The maximum atomic E-state index is 12.3.